The summed E-state index contributed by atoms with van der Waals surface area (Å²) in [5.41, 5.74) is 3.90. The summed E-state index contributed by atoms with van der Waals surface area (Å²) in [6.45, 7) is 6.68. The molecule has 4 nitrogen and oxygen atoms in total. The molecule has 2 aromatic rings. The van der Waals surface area contributed by atoms with Crippen molar-refractivity contribution in [1.29, 1.82) is 0 Å². The second-order valence-electron chi connectivity index (χ2n) is 6.93. The van der Waals surface area contributed by atoms with Crippen molar-refractivity contribution >= 4 is 5.91 Å². The van der Waals surface area contributed by atoms with Gasteiger partial charge >= 0.3 is 0 Å². The van der Waals surface area contributed by atoms with Crippen molar-refractivity contribution in [2.75, 3.05) is 33.3 Å². The fraction of sp³-hybridized carbons (Fsp3) is 0.409. The maximum atomic E-state index is 12.5. The van der Waals surface area contributed by atoms with Crippen LogP contribution < -0.4 is 4.74 Å². The molecule has 0 spiro atoms. The maximum Gasteiger partial charge on any atom is 0.222 e. The van der Waals surface area contributed by atoms with Crippen LogP contribution in [0, 0.1) is 6.92 Å². The van der Waals surface area contributed by atoms with E-state index in [1.807, 2.05) is 29.2 Å². The SMILES string of the molecule is COc1ccc(CCC(=O)N2CCN(Cc3ccccc3C)CC2)cc1. The molecule has 2 aromatic carbocycles. The van der Waals surface area contributed by atoms with Gasteiger partial charge in [0.05, 0.1) is 7.11 Å². The third-order valence-corrected chi connectivity index (χ3v) is 5.17. The first-order valence-corrected chi connectivity index (χ1v) is 9.33. The van der Waals surface area contributed by atoms with Crippen LogP contribution in [0.1, 0.15) is 23.1 Å². The predicted molar refractivity (Wildman–Crippen MR) is 104 cm³/mol. The number of hydrogen-bond acceptors (Lipinski definition) is 3. The Balaban J connectivity index is 1.43. The van der Waals surface area contributed by atoms with E-state index in [-0.39, 0.29) is 5.91 Å². The fourth-order valence-corrected chi connectivity index (χ4v) is 3.39. The summed E-state index contributed by atoms with van der Waals surface area (Å²) in [5, 5.41) is 0. The number of amides is 1. The molecule has 1 amide bonds. The number of piperazine rings is 1. The topological polar surface area (TPSA) is 32.8 Å². The second-order valence-corrected chi connectivity index (χ2v) is 6.93. The first kappa shape index (κ1) is 18.5. The molecule has 4 heteroatoms. The zero-order valence-corrected chi connectivity index (χ0v) is 15.8. The summed E-state index contributed by atoms with van der Waals surface area (Å²) in [4.78, 5) is 16.9. The van der Waals surface area contributed by atoms with Gasteiger partial charge < -0.3 is 9.64 Å². The van der Waals surface area contributed by atoms with Crippen LogP contribution in [0.15, 0.2) is 48.5 Å². The van der Waals surface area contributed by atoms with Gasteiger partial charge in [0, 0.05) is 39.1 Å². The van der Waals surface area contributed by atoms with Crippen LogP contribution in [0.4, 0.5) is 0 Å². The number of nitrogens with zero attached hydrogens (tertiary/aromatic N) is 2. The molecule has 0 aromatic heterocycles. The van der Waals surface area contributed by atoms with Crippen LogP contribution in [-0.4, -0.2) is 49.0 Å². The monoisotopic (exact) mass is 352 g/mol. The van der Waals surface area contributed by atoms with Gasteiger partial charge in [-0.05, 0) is 42.2 Å². The van der Waals surface area contributed by atoms with Crippen LogP contribution in [0.5, 0.6) is 5.75 Å². The molecule has 1 aliphatic rings. The molecule has 0 aliphatic carbocycles. The quantitative estimate of drug-likeness (QED) is 0.800. The lowest BCUT2D eigenvalue weighted by molar-refractivity contribution is -0.133. The van der Waals surface area contributed by atoms with Crippen LogP contribution in [0.2, 0.25) is 0 Å². The van der Waals surface area contributed by atoms with E-state index in [2.05, 4.69) is 36.1 Å². The lowest BCUT2D eigenvalue weighted by atomic mass is 10.1. The zero-order valence-electron chi connectivity index (χ0n) is 15.8. The molecule has 26 heavy (non-hydrogen) atoms. The Morgan fingerprint density at radius 1 is 1.00 bits per heavy atom. The summed E-state index contributed by atoms with van der Waals surface area (Å²) in [5.74, 6) is 1.11. The predicted octanol–water partition coefficient (Wildman–Crippen LogP) is 3.28. The first-order valence-electron chi connectivity index (χ1n) is 9.33. The summed E-state index contributed by atoms with van der Waals surface area (Å²) >= 11 is 0. The molecular formula is C22H28N2O2. The van der Waals surface area contributed by atoms with Crippen molar-refractivity contribution in [1.82, 2.24) is 9.80 Å². The molecule has 0 N–H and O–H groups in total. The molecule has 1 aliphatic heterocycles. The van der Waals surface area contributed by atoms with E-state index in [0.717, 1.165) is 44.9 Å². The summed E-state index contributed by atoms with van der Waals surface area (Å²) < 4.78 is 5.17. The van der Waals surface area contributed by atoms with Crippen molar-refractivity contribution < 1.29 is 9.53 Å². The van der Waals surface area contributed by atoms with E-state index in [1.54, 1.807) is 7.11 Å². The standard InChI is InChI=1S/C22H28N2O2/c1-18-5-3-4-6-20(18)17-23-13-15-24(16-14-23)22(25)12-9-19-7-10-21(26-2)11-8-19/h3-8,10-11H,9,12-17H2,1-2H3. The number of hydrogen-bond donors (Lipinski definition) is 0. The highest BCUT2D eigenvalue weighted by Crippen LogP contribution is 2.15. The number of ether oxygens (including phenoxy) is 1. The lowest BCUT2D eigenvalue weighted by Crippen LogP contribution is -2.48. The Morgan fingerprint density at radius 3 is 2.35 bits per heavy atom. The summed E-state index contributed by atoms with van der Waals surface area (Å²) in [6.07, 6.45) is 1.36. The minimum absolute atomic E-state index is 0.261. The fourth-order valence-electron chi connectivity index (χ4n) is 3.39. The zero-order chi connectivity index (χ0) is 18.4. The second kappa shape index (κ2) is 8.86. The smallest absolute Gasteiger partial charge is 0.222 e. The summed E-state index contributed by atoms with van der Waals surface area (Å²) in [6, 6.07) is 16.5. The minimum Gasteiger partial charge on any atom is -0.497 e. The Morgan fingerprint density at radius 2 is 1.69 bits per heavy atom. The Hall–Kier alpha value is -2.33. The molecule has 3 rings (SSSR count). The molecule has 0 atom stereocenters. The maximum absolute atomic E-state index is 12.5. The number of carbonyl (C=O) groups excluding carboxylic acids is 1. The average Bonchev–Trinajstić information content (AvgIpc) is 2.69. The normalized spacial score (nSPS) is 15.1. The number of rotatable bonds is 6. The van der Waals surface area contributed by atoms with E-state index in [4.69, 9.17) is 4.74 Å². The van der Waals surface area contributed by atoms with Crippen molar-refractivity contribution in [3.63, 3.8) is 0 Å². The molecular weight excluding hydrogens is 324 g/mol. The highest BCUT2D eigenvalue weighted by atomic mass is 16.5. The number of aryl methyl sites for hydroxylation is 2. The molecule has 1 fully saturated rings. The Kier molecular flexibility index (Phi) is 6.29. The number of carbonyl (C=O) groups is 1. The van der Waals surface area contributed by atoms with Crippen molar-refractivity contribution in [3.05, 3.63) is 65.2 Å². The number of methoxy groups -OCH3 is 1. The van der Waals surface area contributed by atoms with Gasteiger partial charge in [-0.1, -0.05) is 36.4 Å². The van der Waals surface area contributed by atoms with Gasteiger partial charge in [0.25, 0.3) is 0 Å². The first-order chi connectivity index (χ1) is 12.7. The number of benzene rings is 2. The van der Waals surface area contributed by atoms with E-state index in [0.29, 0.717) is 6.42 Å². The molecule has 0 unspecified atom stereocenters. The highest BCUT2D eigenvalue weighted by molar-refractivity contribution is 5.76. The van der Waals surface area contributed by atoms with Gasteiger partial charge in [0.15, 0.2) is 0 Å². The molecule has 0 radical (unpaired) electrons. The van der Waals surface area contributed by atoms with Crippen molar-refractivity contribution in [2.24, 2.45) is 0 Å². The third kappa shape index (κ3) is 4.85. The van der Waals surface area contributed by atoms with Gasteiger partial charge in [-0.2, -0.15) is 0 Å². The van der Waals surface area contributed by atoms with Gasteiger partial charge in [-0.3, -0.25) is 9.69 Å². The van der Waals surface area contributed by atoms with Crippen LogP contribution in [0.25, 0.3) is 0 Å². The molecule has 0 saturated carbocycles. The van der Waals surface area contributed by atoms with E-state index >= 15 is 0 Å². The molecule has 1 saturated heterocycles. The van der Waals surface area contributed by atoms with Gasteiger partial charge in [-0.15, -0.1) is 0 Å². The van der Waals surface area contributed by atoms with Gasteiger partial charge in [0.1, 0.15) is 5.75 Å². The van der Waals surface area contributed by atoms with Gasteiger partial charge in [-0.25, -0.2) is 0 Å². The Labute approximate surface area is 156 Å². The average molecular weight is 352 g/mol. The van der Waals surface area contributed by atoms with Crippen molar-refractivity contribution in [3.8, 4) is 5.75 Å². The van der Waals surface area contributed by atoms with E-state index in [9.17, 15) is 4.79 Å². The molecule has 0 bridgehead atoms. The van der Waals surface area contributed by atoms with Crippen LogP contribution >= 0.6 is 0 Å². The highest BCUT2D eigenvalue weighted by Gasteiger charge is 2.21. The summed E-state index contributed by atoms with van der Waals surface area (Å²) in [7, 11) is 1.66. The van der Waals surface area contributed by atoms with Crippen LogP contribution in [-0.2, 0) is 17.8 Å². The third-order valence-electron chi connectivity index (χ3n) is 5.17. The lowest BCUT2D eigenvalue weighted by Gasteiger charge is -2.35. The minimum atomic E-state index is 0.261. The largest absolute Gasteiger partial charge is 0.497 e. The van der Waals surface area contributed by atoms with Gasteiger partial charge in [0.2, 0.25) is 5.91 Å². The molecule has 1 heterocycles. The molecule has 138 valence electrons. The van der Waals surface area contributed by atoms with Crippen LogP contribution in [0.3, 0.4) is 0 Å². The van der Waals surface area contributed by atoms with E-state index < -0.39 is 0 Å². The Bertz CT molecular complexity index is 719. The van der Waals surface area contributed by atoms with Crippen molar-refractivity contribution in [2.45, 2.75) is 26.3 Å². The van der Waals surface area contributed by atoms with E-state index in [1.165, 1.54) is 16.7 Å².